The monoisotopic (exact) mass is 257 g/mol. The van der Waals surface area contributed by atoms with E-state index < -0.39 is 18.0 Å². The molecule has 1 aliphatic carbocycles. The summed E-state index contributed by atoms with van der Waals surface area (Å²) in [4.78, 5) is 11.3. The van der Waals surface area contributed by atoms with Gasteiger partial charge in [0.2, 0.25) is 5.91 Å². The summed E-state index contributed by atoms with van der Waals surface area (Å²) in [6.45, 7) is 0. The predicted octanol–water partition coefficient (Wildman–Crippen LogP) is 3.23. The van der Waals surface area contributed by atoms with Crippen molar-refractivity contribution >= 4 is 5.91 Å². The summed E-state index contributed by atoms with van der Waals surface area (Å²) in [6.07, 6.45) is -3.51. The molecule has 0 spiro atoms. The maximum Gasteiger partial charge on any atom is 0.391 e. The van der Waals surface area contributed by atoms with Crippen LogP contribution in [-0.4, -0.2) is 12.1 Å². The second-order valence-corrected chi connectivity index (χ2v) is 4.70. The lowest BCUT2D eigenvalue weighted by Crippen LogP contribution is -2.20. The third kappa shape index (κ3) is 2.49. The molecule has 2 N–H and O–H groups in total. The first kappa shape index (κ1) is 12.9. The zero-order valence-corrected chi connectivity index (χ0v) is 9.70. The van der Waals surface area contributed by atoms with Crippen LogP contribution >= 0.6 is 0 Å². The first-order valence-corrected chi connectivity index (χ1v) is 5.85. The molecule has 0 radical (unpaired) electrons. The molecule has 5 heteroatoms. The average Bonchev–Trinajstić information content (AvgIpc) is 2.77. The minimum atomic E-state index is -4.14. The van der Waals surface area contributed by atoms with Gasteiger partial charge in [0.1, 0.15) is 0 Å². The minimum Gasteiger partial charge on any atom is -0.366 e. The fourth-order valence-corrected chi connectivity index (χ4v) is 2.64. The Labute approximate surface area is 103 Å². The van der Waals surface area contributed by atoms with Gasteiger partial charge in [0.05, 0.1) is 5.92 Å². The van der Waals surface area contributed by atoms with Crippen LogP contribution in [0.5, 0.6) is 0 Å². The molecule has 0 aromatic heterocycles. The van der Waals surface area contributed by atoms with Crippen molar-refractivity contribution < 1.29 is 18.0 Å². The molecule has 2 atom stereocenters. The zero-order chi connectivity index (χ0) is 13.3. The van der Waals surface area contributed by atoms with Crippen molar-refractivity contribution in [2.45, 2.75) is 31.4 Å². The first-order chi connectivity index (χ1) is 8.39. The number of carbonyl (C=O) groups is 1. The van der Waals surface area contributed by atoms with Gasteiger partial charge in [-0.15, -0.1) is 0 Å². The number of carbonyl (C=O) groups excluding carboxylic acids is 1. The molecular formula is C13H14F3NO. The second kappa shape index (κ2) is 4.63. The van der Waals surface area contributed by atoms with Gasteiger partial charge in [-0.05, 0) is 36.8 Å². The van der Waals surface area contributed by atoms with Gasteiger partial charge >= 0.3 is 6.18 Å². The van der Waals surface area contributed by atoms with Crippen LogP contribution in [0, 0.1) is 5.92 Å². The van der Waals surface area contributed by atoms with E-state index in [2.05, 4.69) is 0 Å². The Morgan fingerprint density at radius 1 is 1.22 bits per heavy atom. The van der Waals surface area contributed by atoms with Gasteiger partial charge in [-0.3, -0.25) is 4.79 Å². The number of alkyl halides is 3. The van der Waals surface area contributed by atoms with Gasteiger partial charge in [0.25, 0.3) is 0 Å². The molecule has 1 saturated carbocycles. The summed E-state index contributed by atoms with van der Waals surface area (Å²) < 4.78 is 37.9. The highest BCUT2D eigenvalue weighted by Gasteiger charge is 2.44. The normalized spacial score (nSPS) is 24.2. The van der Waals surface area contributed by atoms with E-state index in [1.54, 1.807) is 24.3 Å². The largest absolute Gasteiger partial charge is 0.391 e. The van der Waals surface area contributed by atoms with Crippen molar-refractivity contribution in [3.8, 4) is 0 Å². The quantitative estimate of drug-likeness (QED) is 0.868. The van der Waals surface area contributed by atoms with E-state index in [-0.39, 0.29) is 18.8 Å². The van der Waals surface area contributed by atoms with Crippen LogP contribution in [-0.2, 0) is 0 Å². The zero-order valence-electron chi connectivity index (χ0n) is 9.70. The summed E-state index contributed by atoms with van der Waals surface area (Å²) in [7, 11) is 0. The number of amides is 1. The van der Waals surface area contributed by atoms with Crippen molar-refractivity contribution in [2.75, 3.05) is 0 Å². The lowest BCUT2D eigenvalue weighted by molar-refractivity contribution is -0.172. The Kier molecular flexibility index (Phi) is 3.32. The molecule has 1 aliphatic rings. The second-order valence-electron chi connectivity index (χ2n) is 4.70. The molecule has 1 aromatic rings. The maximum atomic E-state index is 12.6. The van der Waals surface area contributed by atoms with Gasteiger partial charge in [-0.25, -0.2) is 0 Å². The van der Waals surface area contributed by atoms with Crippen LogP contribution in [0.25, 0.3) is 0 Å². The molecule has 1 aromatic carbocycles. The van der Waals surface area contributed by atoms with Gasteiger partial charge in [0.15, 0.2) is 0 Å². The Morgan fingerprint density at radius 3 is 2.44 bits per heavy atom. The van der Waals surface area contributed by atoms with Crippen LogP contribution < -0.4 is 5.73 Å². The Hall–Kier alpha value is -1.52. The van der Waals surface area contributed by atoms with E-state index >= 15 is 0 Å². The van der Waals surface area contributed by atoms with Gasteiger partial charge < -0.3 is 5.73 Å². The predicted molar refractivity (Wildman–Crippen MR) is 61.1 cm³/mol. The number of hydrogen-bond acceptors (Lipinski definition) is 1. The van der Waals surface area contributed by atoms with Crippen molar-refractivity contribution in [1.29, 1.82) is 0 Å². The number of nitrogens with two attached hydrogens (primary N) is 1. The Balaban J connectivity index is 2.22. The molecule has 0 heterocycles. The van der Waals surface area contributed by atoms with E-state index in [0.29, 0.717) is 17.5 Å². The smallest absolute Gasteiger partial charge is 0.366 e. The van der Waals surface area contributed by atoms with Crippen LogP contribution in [0.4, 0.5) is 13.2 Å². The summed E-state index contributed by atoms with van der Waals surface area (Å²) in [5, 5.41) is 0. The van der Waals surface area contributed by atoms with E-state index in [0.717, 1.165) is 0 Å². The van der Waals surface area contributed by atoms with Gasteiger partial charge in [-0.1, -0.05) is 18.2 Å². The van der Waals surface area contributed by atoms with Crippen molar-refractivity contribution in [3.63, 3.8) is 0 Å². The first-order valence-electron chi connectivity index (χ1n) is 5.85. The molecule has 2 nitrogen and oxygen atoms in total. The van der Waals surface area contributed by atoms with Crippen molar-refractivity contribution in [2.24, 2.45) is 11.7 Å². The topological polar surface area (TPSA) is 43.1 Å². The molecule has 0 aliphatic heterocycles. The highest BCUT2D eigenvalue weighted by Crippen LogP contribution is 2.46. The molecule has 2 unspecified atom stereocenters. The molecule has 18 heavy (non-hydrogen) atoms. The molecular weight excluding hydrogens is 243 g/mol. The fraction of sp³-hybridized carbons (Fsp3) is 0.462. The summed E-state index contributed by atoms with van der Waals surface area (Å²) >= 11 is 0. The van der Waals surface area contributed by atoms with Gasteiger partial charge in [-0.2, -0.15) is 13.2 Å². The number of primary amides is 1. The van der Waals surface area contributed by atoms with Crippen LogP contribution in [0.2, 0.25) is 0 Å². The van der Waals surface area contributed by atoms with E-state index in [1.807, 2.05) is 0 Å². The van der Waals surface area contributed by atoms with Crippen LogP contribution in [0.15, 0.2) is 24.3 Å². The number of halogens is 3. The average molecular weight is 257 g/mol. The molecule has 0 saturated heterocycles. The van der Waals surface area contributed by atoms with Crippen LogP contribution in [0.1, 0.15) is 41.1 Å². The lowest BCUT2D eigenvalue weighted by atomic mass is 9.91. The standard InChI is InChI=1S/C13H14F3NO/c14-13(15,16)9-6-5-8(7-9)10-3-1-2-4-11(10)12(17)18/h1-4,8-9H,5-7H2,(H2,17,18). The van der Waals surface area contributed by atoms with Gasteiger partial charge in [0, 0.05) is 5.56 Å². The Morgan fingerprint density at radius 2 is 1.89 bits per heavy atom. The third-order valence-corrected chi connectivity index (χ3v) is 3.56. The van der Waals surface area contributed by atoms with Crippen LogP contribution in [0.3, 0.4) is 0 Å². The lowest BCUT2D eigenvalue weighted by Gasteiger charge is -2.16. The van der Waals surface area contributed by atoms with Crippen molar-refractivity contribution in [3.05, 3.63) is 35.4 Å². The third-order valence-electron chi connectivity index (χ3n) is 3.56. The maximum absolute atomic E-state index is 12.6. The van der Waals surface area contributed by atoms with Crippen molar-refractivity contribution in [1.82, 2.24) is 0 Å². The highest BCUT2D eigenvalue weighted by atomic mass is 19.4. The van der Waals surface area contributed by atoms with E-state index in [1.165, 1.54) is 0 Å². The highest BCUT2D eigenvalue weighted by molar-refractivity contribution is 5.94. The Bertz CT molecular complexity index is 456. The van der Waals surface area contributed by atoms with E-state index in [4.69, 9.17) is 5.73 Å². The SMILES string of the molecule is NC(=O)c1ccccc1C1CCC(C(F)(F)F)C1. The van der Waals surface area contributed by atoms with E-state index in [9.17, 15) is 18.0 Å². The number of benzene rings is 1. The summed E-state index contributed by atoms with van der Waals surface area (Å²) in [6, 6.07) is 6.66. The number of hydrogen-bond donors (Lipinski definition) is 1. The summed E-state index contributed by atoms with van der Waals surface area (Å²) in [5.74, 6) is -2.06. The molecule has 98 valence electrons. The molecule has 1 amide bonds. The fourth-order valence-electron chi connectivity index (χ4n) is 2.64. The molecule has 1 fully saturated rings. The summed E-state index contributed by atoms with van der Waals surface area (Å²) in [5.41, 5.74) is 6.23. The minimum absolute atomic E-state index is 0.0494. The molecule has 2 rings (SSSR count). The number of rotatable bonds is 2. The molecule has 0 bridgehead atoms.